The largest absolute Gasteiger partial charge is 0.310 e. The Morgan fingerprint density at radius 1 is 0.587 bits per heavy atom. The van der Waals surface area contributed by atoms with Crippen molar-refractivity contribution >= 4 is 17.2 Å². The van der Waals surface area contributed by atoms with Crippen molar-refractivity contribution in [3.63, 3.8) is 0 Å². The highest BCUT2D eigenvalue weighted by Gasteiger charge is 2.52. The molecular formula is C82H103F9N8O5. The van der Waals surface area contributed by atoms with Gasteiger partial charge in [0, 0.05) is 67.3 Å². The lowest BCUT2D eigenvalue weighted by molar-refractivity contribution is -0.387. The van der Waals surface area contributed by atoms with Gasteiger partial charge in [-0.1, -0.05) is 169 Å². The molecular weight excluding hydrogens is 1350 g/mol. The van der Waals surface area contributed by atoms with E-state index in [1.54, 1.807) is 58.2 Å². The molecule has 13 nitrogen and oxygen atoms in total. The summed E-state index contributed by atoms with van der Waals surface area (Å²) in [7, 11) is 0. The molecule has 1 atom stereocenters. The van der Waals surface area contributed by atoms with Crippen molar-refractivity contribution in [3.8, 4) is 24.4 Å². The quantitative estimate of drug-likeness (QED) is 0.0369. The summed E-state index contributed by atoms with van der Waals surface area (Å²) >= 11 is 0. The maximum Gasteiger partial charge on any atom is 0.305 e. The van der Waals surface area contributed by atoms with E-state index in [4.69, 9.17) is 21.0 Å². The Labute approximate surface area is 610 Å². The minimum absolute atomic E-state index is 0.0347. The number of benzene rings is 5. The van der Waals surface area contributed by atoms with Crippen molar-refractivity contribution in [3.05, 3.63) is 226 Å². The lowest BCUT2D eigenvalue weighted by atomic mass is 9.79. The van der Waals surface area contributed by atoms with Crippen LogP contribution in [0.1, 0.15) is 263 Å². The van der Waals surface area contributed by atoms with E-state index in [0.29, 0.717) is 44.6 Å². The number of aromatic nitrogens is 1. The van der Waals surface area contributed by atoms with Gasteiger partial charge in [-0.3, -0.25) is 30.0 Å². The molecule has 1 unspecified atom stereocenters. The number of hydrogen-bond acceptors (Lipinski definition) is 11. The Kier molecular flexibility index (Phi) is 38.9. The second-order valence-corrected chi connectivity index (χ2v) is 29.8. The summed E-state index contributed by atoms with van der Waals surface area (Å²) in [6, 6.07) is 24.9. The summed E-state index contributed by atoms with van der Waals surface area (Å²) in [4.78, 5) is 36.6. The third kappa shape index (κ3) is 30.5. The van der Waals surface area contributed by atoms with Gasteiger partial charge in [0.25, 0.3) is 5.69 Å². The van der Waals surface area contributed by atoms with Crippen LogP contribution >= 0.6 is 0 Å². The Bertz CT molecular complexity index is 3960. The second kappa shape index (κ2) is 43.6. The van der Waals surface area contributed by atoms with E-state index < -0.39 is 56.1 Å². The molecule has 9 rings (SSSR count). The van der Waals surface area contributed by atoms with Gasteiger partial charge in [0.1, 0.15) is 29.3 Å². The van der Waals surface area contributed by atoms with E-state index in [1.165, 1.54) is 75.0 Å². The number of hydrogen-bond donors (Lipinski definition) is 0. The molecule has 0 spiro atoms. The summed E-state index contributed by atoms with van der Waals surface area (Å²) in [5.74, 6) is -5.58. The van der Waals surface area contributed by atoms with Crippen LogP contribution in [0.15, 0.2) is 109 Å². The lowest BCUT2D eigenvalue weighted by Gasteiger charge is -2.23. The highest BCUT2D eigenvalue weighted by molar-refractivity contribution is 5.96. The Morgan fingerprint density at radius 3 is 1.43 bits per heavy atom. The first-order chi connectivity index (χ1) is 48.3. The molecule has 2 fully saturated rings. The van der Waals surface area contributed by atoms with Crippen molar-refractivity contribution in [1.82, 2.24) is 9.88 Å². The van der Waals surface area contributed by atoms with Crippen molar-refractivity contribution in [2.45, 2.75) is 219 Å². The number of likely N-dealkylation sites (tertiary alicyclic amines) is 1. The number of nitrogens with zero attached hydrogens (tertiary/aromatic N) is 8. The number of ketones is 1. The number of rotatable bonds is 12. The van der Waals surface area contributed by atoms with Crippen molar-refractivity contribution in [2.75, 3.05) is 13.1 Å². The maximum atomic E-state index is 13.3. The molecule has 5 aromatic carbocycles. The number of halogens is 9. The predicted molar refractivity (Wildman–Crippen MR) is 391 cm³/mol. The minimum atomic E-state index is -1.36. The highest BCUT2D eigenvalue weighted by Crippen LogP contribution is 2.57. The van der Waals surface area contributed by atoms with Crippen LogP contribution in [-0.4, -0.2) is 38.6 Å². The predicted octanol–water partition coefficient (Wildman–Crippen LogP) is 24.0. The van der Waals surface area contributed by atoms with Gasteiger partial charge in [0.2, 0.25) is 5.82 Å². The Balaban J connectivity index is 0.000000586. The third-order valence-electron chi connectivity index (χ3n) is 17.3. The molecule has 564 valence electrons. The van der Waals surface area contributed by atoms with E-state index in [0.717, 1.165) is 75.1 Å². The number of pyridine rings is 1. The summed E-state index contributed by atoms with van der Waals surface area (Å²) in [5.41, 5.74) is 3.83. The topological polar surface area (TPSA) is 215 Å². The van der Waals surface area contributed by atoms with Crippen molar-refractivity contribution in [2.24, 2.45) is 28.1 Å². The first-order valence-electron chi connectivity index (χ1n) is 34.7. The number of non-ortho nitro benzene ring substituents is 1. The van der Waals surface area contributed by atoms with E-state index >= 15 is 0 Å². The van der Waals surface area contributed by atoms with Crippen LogP contribution in [0.3, 0.4) is 0 Å². The van der Waals surface area contributed by atoms with Crippen LogP contribution in [0.2, 0.25) is 0 Å². The molecule has 2 heterocycles. The average molecular weight is 1450 g/mol. The summed E-state index contributed by atoms with van der Waals surface area (Å²) in [6.07, 6.45) is 14.5. The molecule has 0 amide bonds. The molecule has 1 aromatic heterocycles. The Hall–Kier alpha value is -9.41. The molecule has 0 bridgehead atoms. The van der Waals surface area contributed by atoms with Gasteiger partial charge < -0.3 is 4.90 Å². The molecule has 104 heavy (non-hydrogen) atoms. The number of carbonyl (C=O) groups is 1. The molecule has 22 heteroatoms. The van der Waals surface area contributed by atoms with Gasteiger partial charge in [-0.25, -0.2) is 35.1 Å². The van der Waals surface area contributed by atoms with Crippen LogP contribution in [0, 0.1) is 146 Å². The summed E-state index contributed by atoms with van der Waals surface area (Å²) < 4.78 is 117. The zero-order chi connectivity index (χ0) is 79.9. The molecule has 1 saturated heterocycles. The maximum absolute atomic E-state index is 13.3. The standard InChI is InChI=1S/C11H18O.2C10H10FN.C9H8F4.2C9H10FNO2.C8H10FN.C8H14N2.C8H13N/c1-11(2,3)8-7-10(12)9-5-4-6-9;1-7(2)9-5-8(6-12)3-4-10(9)11;1-7(2)9-5-3-4-8(6-12)10(9)11;1-4(2)7-8(12)5(10)3-6(11)9(7)13;1-6(2)8-5-7(11(12)13)3-4-9(8)10;1-6(2)7-4-3-5-8(9(7)10)11(12)13;1-6(2)7-5-10-4-3-8(7)9;1-7(2)8-3-4-10(5-8)6-9;1-7(2,3)8(6-9)4-5-8/h5H,4,6-8H2,1-3H3;2*3-5,7H,1-2H3;3-4H,1-2H3;2*3-6H,1-2H3;3-6H,1-2H3;7-8H,3-5H2,1-2H3;4-5H2,1-3H3. The number of carbonyl (C=O) groups excluding carboxylic acids is 1. The van der Waals surface area contributed by atoms with Crippen LogP contribution in [-0.2, 0) is 4.79 Å². The van der Waals surface area contributed by atoms with Crippen molar-refractivity contribution in [1.29, 1.82) is 21.0 Å². The number of allylic oxidation sites excluding steroid dienone is 2. The Morgan fingerprint density at radius 2 is 1.08 bits per heavy atom. The van der Waals surface area contributed by atoms with Crippen LogP contribution in [0.25, 0.3) is 0 Å². The van der Waals surface area contributed by atoms with E-state index in [9.17, 15) is 64.5 Å². The molecule has 6 aromatic rings. The normalized spacial score (nSPS) is 13.6. The van der Waals surface area contributed by atoms with Crippen molar-refractivity contribution < 1.29 is 54.2 Å². The van der Waals surface area contributed by atoms with E-state index in [2.05, 4.69) is 78.7 Å². The fraction of sp³-hybridized carbons (Fsp3) is 0.488. The first kappa shape index (κ1) is 92.6. The number of nitriles is 4. The molecule has 0 radical (unpaired) electrons. The SMILES string of the molecule is CC(C)(C)C1(C#N)CC1.CC(C)(C)CCC(=O)C1=CCC1.CC(C)C1CCN(C#N)C1.CC(C)c1c(F)c(F)cc(F)c1F.CC(C)c1cc(C#N)ccc1F.CC(C)c1cc([N+](=O)[O-])ccc1F.CC(C)c1cccc(C#N)c1F.CC(C)c1cccc([N+](=O)[O-])c1F.CC(C)c1cnccc1F. The number of nitro groups is 2. The third-order valence-corrected chi connectivity index (χ3v) is 17.3. The summed E-state index contributed by atoms with van der Waals surface area (Å²) in [6.45, 7) is 41.0. The zero-order valence-electron chi connectivity index (χ0n) is 63.8. The monoisotopic (exact) mass is 1450 g/mol. The van der Waals surface area contributed by atoms with Gasteiger partial charge in [-0.2, -0.15) is 25.4 Å². The number of nitro benzene ring substituents is 2. The molecule has 3 aliphatic rings. The van der Waals surface area contributed by atoms with Crippen LogP contribution in [0.4, 0.5) is 50.9 Å². The fourth-order valence-corrected chi connectivity index (χ4v) is 10.0. The van der Waals surface area contributed by atoms with E-state index in [-0.39, 0.29) is 81.0 Å². The van der Waals surface area contributed by atoms with Gasteiger partial charge in [-0.05, 0) is 161 Å². The smallest absolute Gasteiger partial charge is 0.305 e. The van der Waals surface area contributed by atoms with Crippen LogP contribution in [0.5, 0.6) is 0 Å². The second-order valence-electron chi connectivity index (χ2n) is 29.8. The van der Waals surface area contributed by atoms with Gasteiger partial charge in [-0.15, -0.1) is 0 Å². The average Bonchev–Trinajstić information content (AvgIpc) is 1.61. The molecule has 2 aliphatic carbocycles. The number of Topliss-reactive ketones (excluding diaryl/α,β-unsaturated/α-hetero) is 1. The van der Waals surface area contributed by atoms with E-state index in [1.807, 2.05) is 58.6 Å². The zero-order valence-corrected chi connectivity index (χ0v) is 63.8. The van der Waals surface area contributed by atoms with Crippen LogP contribution < -0.4 is 0 Å². The minimum Gasteiger partial charge on any atom is -0.310 e. The molecule has 1 saturated carbocycles. The fourth-order valence-electron chi connectivity index (χ4n) is 10.0. The molecule has 0 N–H and O–H groups in total. The highest BCUT2D eigenvalue weighted by atomic mass is 19.2. The first-order valence-corrected chi connectivity index (χ1v) is 34.7. The lowest BCUT2D eigenvalue weighted by Crippen LogP contribution is -2.19. The molecule has 1 aliphatic heterocycles. The van der Waals surface area contributed by atoms with Gasteiger partial charge >= 0.3 is 5.69 Å². The van der Waals surface area contributed by atoms with Gasteiger partial charge in [0.05, 0.1) is 38.5 Å². The van der Waals surface area contributed by atoms with Gasteiger partial charge in [0.15, 0.2) is 35.2 Å². The summed E-state index contributed by atoms with van der Waals surface area (Å²) in [5, 5.41) is 55.1.